The fraction of sp³-hybridized carbons (Fsp3) is 0.750. The molecule has 0 aliphatic heterocycles. The molecule has 6 nitrogen and oxygen atoms in total. The average molecular weight is 238 g/mol. The van der Waals surface area contributed by atoms with Crippen LogP contribution in [0.5, 0.6) is 0 Å². The van der Waals surface area contributed by atoms with Gasteiger partial charge in [-0.3, -0.25) is 5.41 Å². The fourth-order valence-electron chi connectivity index (χ4n) is 0. The highest BCUT2D eigenvalue weighted by atomic mass is 32.1. The van der Waals surface area contributed by atoms with Crippen LogP contribution in [0.3, 0.4) is 0 Å². The number of nitriles is 1. The molecule has 0 bridgehead atoms. The van der Waals surface area contributed by atoms with Crippen molar-refractivity contribution in [1.82, 2.24) is 0 Å². The summed E-state index contributed by atoms with van der Waals surface area (Å²) in [6.45, 7) is 6.89. The number of aliphatic hydroxyl groups is 2. The Morgan fingerprint density at radius 1 is 1.20 bits per heavy atom. The first-order valence-electron chi connectivity index (χ1n) is 4.10. The molecule has 0 heterocycles. The van der Waals surface area contributed by atoms with Gasteiger partial charge in [-0.2, -0.15) is 5.26 Å². The molecule has 0 amide bonds. The summed E-state index contributed by atoms with van der Waals surface area (Å²) in [5, 5.41) is 30.8. The van der Waals surface area contributed by atoms with Crippen LogP contribution in [0.15, 0.2) is 0 Å². The Morgan fingerprint density at radius 3 is 1.20 bits per heavy atom. The minimum absolute atomic E-state index is 0.167. The van der Waals surface area contributed by atoms with Gasteiger partial charge in [0.15, 0.2) is 5.96 Å². The maximum absolute atomic E-state index is 8.06. The third kappa shape index (κ3) is 1680. The van der Waals surface area contributed by atoms with E-state index in [9.17, 15) is 0 Å². The van der Waals surface area contributed by atoms with Gasteiger partial charge < -0.3 is 21.7 Å². The van der Waals surface area contributed by atoms with E-state index in [1.165, 1.54) is 5.40 Å². The highest BCUT2D eigenvalue weighted by Gasteiger charge is 1.69. The Morgan fingerprint density at radius 2 is 1.20 bits per heavy atom. The minimum atomic E-state index is -0.333. The third-order valence-electron chi connectivity index (χ3n) is 0. The fourth-order valence-corrected chi connectivity index (χ4v) is 0. The molecule has 0 aromatic carbocycles. The molecule has 0 aliphatic carbocycles. The molecule has 0 spiro atoms. The minimum Gasteiger partial charge on any atom is -0.394 e. The van der Waals surface area contributed by atoms with E-state index in [0.717, 1.165) is 0 Å². The van der Waals surface area contributed by atoms with E-state index >= 15 is 0 Å². The van der Waals surface area contributed by atoms with Crippen LogP contribution < -0.4 is 11.5 Å². The van der Waals surface area contributed by atoms with E-state index in [1.54, 1.807) is 27.7 Å². The van der Waals surface area contributed by atoms with Crippen molar-refractivity contribution < 1.29 is 10.2 Å². The number of nitrogens with one attached hydrogen (secondary N) is 1. The lowest BCUT2D eigenvalue weighted by molar-refractivity contribution is 0.215. The molecule has 7 N–H and O–H groups in total. The van der Waals surface area contributed by atoms with Crippen molar-refractivity contribution in [3.05, 3.63) is 0 Å². The number of aliphatic hydroxyl groups excluding tert-OH is 2. The number of thiol groups is 1. The van der Waals surface area contributed by atoms with E-state index in [1.807, 2.05) is 0 Å². The summed E-state index contributed by atoms with van der Waals surface area (Å²) in [5.41, 5.74) is 8.94. The molecule has 92 valence electrons. The second kappa shape index (κ2) is 23.1. The van der Waals surface area contributed by atoms with Crippen molar-refractivity contribution in [2.24, 2.45) is 11.5 Å². The molecule has 0 atom stereocenters. The van der Waals surface area contributed by atoms with Gasteiger partial charge in [0, 0.05) is 12.2 Å². The van der Waals surface area contributed by atoms with Crippen molar-refractivity contribution in [3.8, 4) is 5.40 Å². The van der Waals surface area contributed by atoms with Crippen molar-refractivity contribution in [1.29, 1.82) is 10.7 Å². The molecule has 0 aromatic heterocycles. The normalized spacial score (nSPS) is 6.93. The Labute approximate surface area is 96.8 Å². The second-order valence-electron chi connectivity index (χ2n) is 2.74. The summed E-state index contributed by atoms with van der Waals surface area (Å²) in [5.74, 6) is -0.333. The molecular weight excluding hydrogens is 216 g/mol. The van der Waals surface area contributed by atoms with Gasteiger partial charge in [0.1, 0.15) is 5.40 Å². The molecule has 0 saturated carbocycles. The first-order chi connectivity index (χ1) is 6.61. The number of hydrogen-bond acceptors (Lipinski definition) is 5. The van der Waals surface area contributed by atoms with Crippen molar-refractivity contribution >= 4 is 18.6 Å². The lowest BCUT2D eigenvalue weighted by Crippen LogP contribution is -2.20. The molecule has 15 heavy (non-hydrogen) atoms. The van der Waals surface area contributed by atoms with Crippen LogP contribution in [0.4, 0.5) is 0 Å². The predicted octanol–water partition coefficient (Wildman–Crippen LogP) is 0.0100. The molecule has 0 aliphatic rings. The Hall–Kier alpha value is -0.970. The first-order valence-corrected chi connectivity index (χ1v) is 4.55. The number of nitrogens with two attached hydrogens (primary N) is 2. The van der Waals surface area contributed by atoms with Crippen LogP contribution in [0, 0.1) is 16.1 Å². The van der Waals surface area contributed by atoms with Gasteiger partial charge in [-0.1, -0.05) is 12.6 Å². The number of thiocyanates is 1. The zero-order valence-corrected chi connectivity index (χ0v) is 10.5. The van der Waals surface area contributed by atoms with Gasteiger partial charge in [-0.25, -0.2) is 0 Å². The van der Waals surface area contributed by atoms with E-state index in [-0.39, 0.29) is 18.2 Å². The highest BCUT2D eigenvalue weighted by Crippen LogP contribution is 1.65. The van der Waals surface area contributed by atoms with Gasteiger partial charge in [0.2, 0.25) is 0 Å². The van der Waals surface area contributed by atoms with Crippen LogP contribution >= 0.6 is 12.6 Å². The predicted molar refractivity (Wildman–Crippen MR) is 65.4 cm³/mol. The van der Waals surface area contributed by atoms with Crippen molar-refractivity contribution in [2.45, 2.75) is 39.9 Å². The van der Waals surface area contributed by atoms with Gasteiger partial charge >= 0.3 is 0 Å². The maximum atomic E-state index is 8.06. The smallest absolute Gasteiger partial charge is 0.183 e. The van der Waals surface area contributed by atoms with Crippen LogP contribution in [0.25, 0.3) is 0 Å². The lowest BCUT2D eigenvalue weighted by Gasteiger charge is -1.80. The number of nitrogens with zero attached hydrogens (tertiary/aromatic N) is 1. The quantitative estimate of drug-likeness (QED) is 0.153. The summed E-state index contributed by atoms with van der Waals surface area (Å²) in [4.78, 5) is 0. The van der Waals surface area contributed by atoms with Crippen LogP contribution in [-0.4, -0.2) is 28.4 Å². The molecular formula is C8H22N4O2S. The first kappa shape index (κ1) is 23.7. The van der Waals surface area contributed by atoms with E-state index in [4.69, 9.17) is 20.9 Å². The zero-order valence-electron chi connectivity index (χ0n) is 9.60. The summed E-state index contributed by atoms with van der Waals surface area (Å²) in [6, 6.07) is 0. The topological polar surface area (TPSA) is 140 Å². The van der Waals surface area contributed by atoms with Crippen LogP contribution in [0.1, 0.15) is 27.7 Å². The molecule has 0 saturated heterocycles. The number of rotatable bonds is 0. The van der Waals surface area contributed by atoms with E-state index < -0.39 is 0 Å². The van der Waals surface area contributed by atoms with Gasteiger partial charge in [-0.15, -0.1) is 0 Å². The van der Waals surface area contributed by atoms with Gasteiger partial charge in [-0.05, 0) is 27.7 Å². The number of guanidine groups is 1. The lowest BCUT2D eigenvalue weighted by atomic mass is 10.5. The van der Waals surface area contributed by atoms with Gasteiger partial charge in [0.25, 0.3) is 0 Å². The molecule has 0 rings (SSSR count). The summed E-state index contributed by atoms with van der Waals surface area (Å²) < 4.78 is 0. The largest absolute Gasteiger partial charge is 0.394 e. The molecule has 0 unspecified atom stereocenters. The van der Waals surface area contributed by atoms with Crippen molar-refractivity contribution in [2.75, 3.05) is 0 Å². The van der Waals surface area contributed by atoms with E-state index in [0.29, 0.717) is 0 Å². The van der Waals surface area contributed by atoms with Gasteiger partial charge in [0.05, 0.1) is 0 Å². The second-order valence-corrected chi connectivity index (χ2v) is 2.94. The molecule has 0 aromatic rings. The average Bonchev–Trinajstić information content (AvgIpc) is 1.81. The highest BCUT2D eigenvalue weighted by molar-refractivity contribution is 7.85. The summed E-state index contributed by atoms with van der Waals surface area (Å²) in [6.07, 6.45) is -0.333. The third-order valence-corrected chi connectivity index (χ3v) is 0. The Bertz CT molecular complexity index is 142. The SMILES string of the molecule is CC(C)O.CC(C)O.N#CS.N=C(N)N. The molecule has 0 radical (unpaired) electrons. The standard InChI is InChI=1S/2C3H8O.CH5N3.CHNS/c2*1-3(2)4;2-1(3)4;2-1-3/h2*3-4H,1-2H3;(H5,2,3,4);3H. The zero-order chi connectivity index (χ0) is 13.4. The molecule has 7 heteroatoms. The number of hydrogen-bond donors (Lipinski definition) is 6. The molecule has 0 fully saturated rings. The van der Waals surface area contributed by atoms with Crippen LogP contribution in [-0.2, 0) is 0 Å². The Kier molecular flexibility index (Phi) is 36.5. The van der Waals surface area contributed by atoms with Crippen LogP contribution in [0.2, 0.25) is 0 Å². The Balaban J connectivity index is -0.0000000542. The van der Waals surface area contributed by atoms with Crippen molar-refractivity contribution in [3.63, 3.8) is 0 Å². The van der Waals surface area contributed by atoms with E-state index in [2.05, 4.69) is 24.1 Å². The maximum Gasteiger partial charge on any atom is 0.183 e. The monoisotopic (exact) mass is 238 g/mol. The summed E-state index contributed by atoms with van der Waals surface area (Å²) >= 11 is 3.09. The summed E-state index contributed by atoms with van der Waals surface area (Å²) in [7, 11) is 0.